The number of aromatic hydroxyl groups is 1. The second-order valence-corrected chi connectivity index (χ2v) is 28.2. The Hall–Kier alpha value is -8.96. The number of hydrogen-bond donors (Lipinski definition) is 15. The summed E-state index contributed by atoms with van der Waals surface area (Å²) in [6.45, 7) is 6.57. The maximum atomic E-state index is 14.0. The minimum Gasteiger partial charge on any atom is -0.508 e. The number of thioether (sulfide) groups is 2. The molecule has 2 aromatic heterocycles. The molecular formula is C68H92N16O16S2. The van der Waals surface area contributed by atoms with Gasteiger partial charge in [-0.25, -0.2) is 24.2 Å². The van der Waals surface area contributed by atoms with E-state index >= 15 is 0 Å². The number of benzene rings is 2. The molecule has 0 unspecified atom stereocenters. The highest BCUT2D eigenvalue weighted by Gasteiger charge is 2.49. The molecule has 8 atom stereocenters. The number of amides is 8. The highest BCUT2D eigenvalue weighted by Crippen LogP contribution is 2.42. The van der Waals surface area contributed by atoms with Crippen LogP contribution in [-0.2, 0) is 72.8 Å². The maximum absolute atomic E-state index is 14.0. The number of urea groups is 2. The molecule has 0 bridgehead atoms. The van der Waals surface area contributed by atoms with E-state index in [9.17, 15) is 48.3 Å². The van der Waals surface area contributed by atoms with E-state index < -0.39 is 53.0 Å². The molecule has 0 spiro atoms. The van der Waals surface area contributed by atoms with Gasteiger partial charge < -0.3 is 102 Å². The van der Waals surface area contributed by atoms with Crippen molar-refractivity contribution < 1.29 is 71.9 Å². The lowest BCUT2D eigenvalue weighted by molar-refractivity contribution is -0.187. The summed E-state index contributed by atoms with van der Waals surface area (Å²) in [5, 5.41) is 61.9. The van der Waals surface area contributed by atoms with Crippen molar-refractivity contribution in [1.29, 1.82) is 10.8 Å². The maximum Gasteiger partial charge on any atom is 0.355 e. The van der Waals surface area contributed by atoms with Crippen molar-refractivity contribution >= 4 is 99.7 Å². The average molecular weight is 1450 g/mol. The third-order valence-corrected chi connectivity index (χ3v) is 21.3. The molecule has 6 aliphatic rings. The van der Waals surface area contributed by atoms with Crippen LogP contribution in [0.2, 0.25) is 0 Å². The van der Waals surface area contributed by atoms with Crippen LogP contribution in [0.5, 0.6) is 5.75 Å². The van der Waals surface area contributed by atoms with Crippen LogP contribution in [-0.4, -0.2) is 219 Å². The normalized spacial score (nSPS) is 20.6. The Morgan fingerprint density at radius 3 is 1.76 bits per heavy atom. The first-order valence-corrected chi connectivity index (χ1v) is 36.8. The molecule has 4 aromatic rings. The number of rotatable bonds is 38. The van der Waals surface area contributed by atoms with E-state index in [0.29, 0.717) is 71.7 Å². The molecule has 0 aliphatic carbocycles. The van der Waals surface area contributed by atoms with Gasteiger partial charge in [-0.2, -0.15) is 23.5 Å². The van der Waals surface area contributed by atoms with E-state index in [0.717, 1.165) is 66.5 Å². The largest absolute Gasteiger partial charge is 0.508 e. The molecule has 10 rings (SSSR count). The van der Waals surface area contributed by atoms with Crippen LogP contribution < -0.4 is 69.4 Å². The Labute approximate surface area is 598 Å². The van der Waals surface area contributed by atoms with Gasteiger partial charge in [0.1, 0.15) is 18.4 Å². The number of esters is 2. The molecule has 8 heterocycles. The first kappa shape index (κ1) is 75.7. The van der Waals surface area contributed by atoms with Crippen LogP contribution in [0.1, 0.15) is 115 Å². The second-order valence-electron chi connectivity index (χ2n) is 25.6. The zero-order chi connectivity index (χ0) is 72.3. The Bertz CT molecular complexity index is 3720. The predicted molar refractivity (Wildman–Crippen MR) is 381 cm³/mol. The van der Waals surface area contributed by atoms with Gasteiger partial charge in [-0.1, -0.05) is 19.8 Å². The fraction of sp³-hybridized carbons (Fsp3) is 0.559. The van der Waals surface area contributed by atoms with Crippen molar-refractivity contribution in [2.45, 2.75) is 138 Å². The molecule has 2 aromatic carbocycles. The molecule has 32 nitrogen and oxygen atoms in total. The topological polar surface area (TPSA) is 439 Å². The minimum absolute atomic E-state index is 0.0370. The summed E-state index contributed by atoms with van der Waals surface area (Å²) in [4.78, 5) is 124. The van der Waals surface area contributed by atoms with Crippen LogP contribution in [0.4, 0.5) is 15.3 Å². The van der Waals surface area contributed by atoms with Crippen molar-refractivity contribution in [3.63, 3.8) is 0 Å². The highest BCUT2D eigenvalue weighted by molar-refractivity contribution is 8.00. The summed E-state index contributed by atoms with van der Waals surface area (Å²) >= 11 is 3.79. The number of hydrogen-bond acceptors (Lipinski definition) is 21. The van der Waals surface area contributed by atoms with Gasteiger partial charge in [0.25, 0.3) is 17.4 Å². The first-order valence-electron chi connectivity index (χ1n) is 34.7. The number of nitrogens with zero attached hydrogens (tertiary/aromatic N) is 2. The first-order chi connectivity index (χ1) is 49.3. The van der Waals surface area contributed by atoms with Gasteiger partial charge in [-0.15, -0.1) is 0 Å². The quantitative estimate of drug-likeness (QED) is 0.0198. The number of fused-ring (bicyclic) bond motifs is 7. The third-order valence-electron chi connectivity index (χ3n) is 18.3. The Balaban J connectivity index is 0.605. The molecule has 4 saturated heterocycles. The van der Waals surface area contributed by atoms with Gasteiger partial charge in [-0.05, 0) is 94.0 Å². The molecule has 4 fully saturated rings. The van der Waals surface area contributed by atoms with Crippen molar-refractivity contribution in [2.75, 3.05) is 109 Å². The number of carbonyl (C=O) groups is 8. The number of phenolic OH excluding ortho intramolecular Hbond substituents is 1. The Morgan fingerprint density at radius 1 is 0.676 bits per heavy atom. The molecule has 0 saturated carbocycles. The monoisotopic (exact) mass is 1450 g/mol. The van der Waals surface area contributed by atoms with Crippen molar-refractivity contribution in [1.82, 2.24) is 68.0 Å². The van der Waals surface area contributed by atoms with Crippen molar-refractivity contribution in [2.24, 2.45) is 0 Å². The highest BCUT2D eigenvalue weighted by atomic mass is 32.2. The lowest BCUT2D eigenvalue weighted by Gasteiger charge is -2.34. The lowest BCUT2D eigenvalue weighted by Crippen LogP contribution is -2.50. The molecule has 15 N–H and O–H groups in total. The zero-order valence-electron chi connectivity index (χ0n) is 57.5. The summed E-state index contributed by atoms with van der Waals surface area (Å²) in [7, 11) is 0. The molecule has 552 valence electrons. The lowest BCUT2D eigenvalue weighted by atomic mass is 9.89. The number of guanidine groups is 2. The molecule has 34 heteroatoms. The Kier molecular flexibility index (Phi) is 26.9. The van der Waals surface area contributed by atoms with Crippen LogP contribution in [0.25, 0.3) is 22.3 Å². The van der Waals surface area contributed by atoms with Gasteiger partial charge >= 0.3 is 24.0 Å². The predicted octanol–water partition coefficient (Wildman–Crippen LogP) is 1.86. The van der Waals surface area contributed by atoms with Crippen LogP contribution in [0.3, 0.4) is 0 Å². The molecule has 6 aliphatic heterocycles. The number of pyridine rings is 2. The summed E-state index contributed by atoms with van der Waals surface area (Å²) in [6, 6.07) is 9.17. The van der Waals surface area contributed by atoms with E-state index in [1.807, 2.05) is 30.4 Å². The van der Waals surface area contributed by atoms with Gasteiger partial charge in [0.2, 0.25) is 17.4 Å². The standard InChI is InChI=1S/C68H92N16O16S2/c1-4-43-44-32-42(85)13-14-48(44)79-56-45(43)34-84-51(56)33-47-46(61(84)90)35-99-63(92)68(47,3)100-62(91)38(2)77-66(93)75-19-25-97-27-28-98-26-20-76-67(94)78-41-30-39(59(88)73-17-23-95-21-15-71-54(86)11-7-5-9-52-57-49(36-101-52)80-64(69)82-57)29-40(31-41)60(89)74-18-24-96-22-16-72-55(87)12-8-6-10-53-58-50(37-102-53)81-65(70)83-58/h13-14,29-33,38,49-50,52-53,57-58,85H,4-12,15-28,34-37H2,1-3H3,(H,71,86)(H,72,87)(H,73,88)(H,74,89)(H3,69,80,82)(H3,70,81,83)(H2,75,77,93)(H2,76,78,94)/t38-,49-,50-,52-,53-,57-,58-,68-/m0/s1. The number of cyclic esters (lactones) is 1. The number of aryl methyl sites for hydroxylation is 1. The molecule has 8 amide bonds. The molecular weight excluding hydrogens is 1360 g/mol. The zero-order valence-corrected chi connectivity index (χ0v) is 59.1. The van der Waals surface area contributed by atoms with E-state index in [2.05, 4.69) is 63.8 Å². The van der Waals surface area contributed by atoms with Gasteiger partial charge in [0.15, 0.2) is 11.9 Å². The number of nitrogens with one attached hydrogen (secondary N) is 14. The van der Waals surface area contributed by atoms with Crippen LogP contribution in [0, 0.1) is 10.8 Å². The van der Waals surface area contributed by atoms with Crippen LogP contribution in [0.15, 0.2) is 47.3 Å². The SMILES string of the molecule is CCc1c2c(nc3ccc(O)cc13)-c1cc3c(c(=O)n1C2)COC(=O)[C@@]3(C)OC(=O)[C@H](C)NC(=O)NCCOCCOCCNC(=O)Nc1cc(C(=O)NCCOCCNC(=O)CCCC[C@@H]2SC[C@@H]3NC(=N)N[C@@H]32)cc(C(=O)NCCOCCNC(=O)CCCC[C@@H]2SC[C@@H]3NC(=N)N[C@@H]32)c1. The summed E-state index contributed by atoms with van der Waals surface area (Å²) < 4.78 is 35.2. The van der Waals surface area contributed by atoms with Crippen molar-refractivity contribution in [3.8, 4) is 17.1 Å². The molecule has 102 heavy (non-hydrogen) atoms. The summed E-state index contributed by atoms with van der Waals surface area (Å²) in [5.41, 5.74) is 1.40. The number of ether oxygens (including phenoxy) is 6. The Morgan fingerprint density at radius 2 is 1.21 bits per heavy atom. The second kappa shape index (κ2) is 36.3. The number of phenols is 1. The van der Waals surface area contributed by atoms with E-state index in [4.69, 9.17) is 44.2 Å². The van der Waals surface area contributed by atoms with E-state index in [1.165, 1.54) is 38.1 Å². The number of carbonyl (C=O) groups excluding carboxylic acids is 8. The molecule has 0 radical (unpaired) electrons. The van der Waals surface area contributed by atoms with Gasteiger partial charge in [-0.3, -0.25) is 34.8 Å². The minimum atomic E-state index is -2.05. The van der Waals surface area contributed by atoms with E-state index in [1.54, 1.807) is 22.8 Å². The third kappa shape index (κ3) is 19.8. The van der Waals surface area contributed by atoms with Crippen LogP contribution >= 0.6 is 23.5 Å². The average Bonchev–Trinajstić information content (AvgIpc) is 1.65. The van der Waals surface area contributed by atoms with E-state index in [-0.39, 0.29) is 162 Å². The van der Waals surface area contributed by atoms with Gasteiger partial charge in [0.05, 0.1) is 106 Å². The number of anilines is 1. The number of aromatic nitrogens is 2. The summed E-state index contributed by atoms with van der Waals surface area (Å²) in [6.07, 6.45) is 6.65. The number of unbranched alkanes of at least 4 members (excludes halogenated alkanes) is 2. The smallest absolute Gasteiger partial charge is 0.355 e. The fourth-order valence-electron chi connectivity index (χ4n) is 13.1. The fourth-order valence-corrected chi connectivity index (χ4v) is 16.2. The van der Waals surface area contributed by atoms with Crippen molar-refractivity contribution in [3.05, 3.63) is 86.2 Å². The summed E-state index contributed by atoms with van der Waals surface area (Å²) in [5.74, 6) is -0.318. The van der Waals surface area contributed by atoms with Gasteiger partial charge in [0, 0.05) is 107 Å².